The second-order valence-corrected chi connectivity index (χ2v) is 26.6. The van der Waals surface area contributed by atoms with Gasteiger partial charge in [0.2, 0.25) is 0 Å². The largest absolute Gasteiger partial charge is 0.698 e. The first kappa shape index (κ1) is 42.8. The molecule has 3 aromatic carbocycles. The molecular formula is C42H68NNiP2+. The molecule has 46 heavy (non-hydrogen) atoms. The Morgan fingerprint density at radius 3 is 0.935 bits per heavy atom. The van der Waals surface area contributed by atoms with Crippen LogP contribution in [0.3, 0.4) is 0 Å². The van der Waals surface area contributed by atoms with Crippen LogP contribution in [0.15, 0.2) is 42.5 Å². The summed E-state index contributed by atoms with van der Waals surface area (Å²) in [6.07, 6.45) is 2.97. The van der Waals surface area contributed by atoms with Crippen molar-refractivity contribution >= 4 is 21.5 Å². The van der Waals surface area contributed by atoms with Gasteiger partial charge in [-0.1, -0.05) is 53.6 Å². The van der Waals surface area contributed by atoms with Crippen LogP contribution in [0.1, 0.15) is 116 Å². The van der Waals surface area contributed by atoms with Crippen LogP contribution >= 0.6 is 15.8 Å². The molecule has 0 radical (unpaired) electrons. The van der Waals surface area contributed by atoms with Gasteiger partial charge < -0.3 is 5.73 Å². The van der Waals surface area contributed by atoms with Crippen molar-refractivity contribution in [2.24, 2.45) is 0 Å². The van der Waals surface area contributed by atoms with Crippen molar-refractivity contribution in [1.82, 2.24) is 0 Å². The Labute approximate surface area is 298 Å². The fraction of sp³-hybridized carbons (Fsp3) is 0.571. The maximum atomic E-state index is 8.92. The predicted octanol–water partition coefficient (Wildman–Crippen LogP) is 14.2. The van der Waals surface area contributed by atoms with Crippen molar-refractivity contribution in [3.05, 3.63) is 81.6 Å². The third kappa shape index (κ3) is 11.2. The molecule has 0 aliphatic rings. The first-order valence-corrected chi connectivity index (χ1v) is 20.4. The molecule has 0 aliphatic heterocycles. The normalized spacial score (nSPS) is 12.6. The van der Waals surface area contributed by atoms with E-state index in [2.05, 4.69) is 167 Å². The number of aryl methyl sites for hydroxylation is 6. The van der Waals surface area contributed by atoms with Gasteiger partial charge in [0.05, 0.1) is 32.9 Å². The molecule has 260 valence electrons. The van der Waals surface area contributed by atoms with Crippen LogP contribution < -0.4 is 0 Å². The van der Waals surface area contributed by atoms with Crippen molar-refractivity contribution in [3.63, 3.8) is 0 Å². The Kier molecular flexibility index (Phi) is 14.9. The third-order valence-electron chi connectivity index (χ3n) is 9.20. The summed E-state index contributed by atoms with van der Waals surface area (Å²) in [4.78, 5) is 0. The van der Waals surface area contributed by atoms with E-state index in [1.165, 1.54) is 56.8 Å². The molecule has 0 heterocycles. The zero-order valence-electron chi connectivity index (χ0n) is 32.8. The minimum atomic E-state index is -0.364. The molecule has 0 aromatic heterocycles. The van der Waals surface area contributed by atoms with E-state index in [-0.39, 0.29) is 32.3 Å². The van der Waals surface area contributed by atoms with Gasteiger partial charge in [0.1, 0.15) is 0 Å². The van der Waals surface area contributed by atoms with Gasteiger partial charge in [-0.25, -0.2) is 0 Å². The van der Waals surface area contributed by atoms with Gasteiger partial charge in [-0.3, -0.25) is 0 Å². The molecule has 0 saturated heterocycles. The minimum Gasteiger partial charge on any atom is -0.698 e. The Balaban J connectivity index is 0.000000464. The van der Waals surface area contributed by atoms with Gasteiger partial charge in [-0.15, -0.1) is 5.69 Å². The molecule has 0 fully saturated rings. The average Bonchev–Trinajstić information content (AvgIpc) is 2.79. The van der Waals surface area contributed by atoms with E-state index in [4.69, 9.17) is 5.73 Å². The van der Waals surface area contributed by atoms with Crippen LogP contribution in [0, 0.1) is 41.5 Å². The molecule has 1 N–H and O–H groups in total. The summed E-state index contributed by atoms with van der Waals surface area (Å²) in [7, 11) is -0.729. The number of hydrogen-bond acceptors (Lipinski definition) is 0. The quantitative estimate of drug-likeness (QED) is 0.186. The van der Waals surface area contributed by atoms with Gasteiger partial charge in [-0.2, -0.15) is 0 Å². The Morgan fingerprint density at radius 2 is 0.717 bits per heavy atom. The summed E-state index contributed by atoms with van der Waals surface area (Å²) in [5.41, 5.74) is 21.4. The van der Waals surface area contributed by atoms with E-state index in [0.29, 0.717) is 26.3 Å². The van der Waals surface area contributed by atoms with Gasteiger partial charge in [0.25, 0.3) is 0 Å². The van der Waals surface area contributed by atoms with Crippen LogP contribution in [0.4, 0.5) is 5.69 Å². The topological polar surface area (TPSA) is 23.8 Å². The summed E-state index contributed by atoms with van der Waals surface area (Å²) >= 11 is 0. The molecule has 0 bridgehead atoms. The van der Waals surface area contributed by atoms with Crippen LogP contribution in [0.5, 0.6) is 0 Å². The van der Waals surface area contributed by atoms with Crippen LogP contribution in [0.25, 0.3) is 28.0 Å². The van der Waals surface area contributed by atoms with Crippen molar-refractivity contribution in [1.29, 1.82) is 0 Å². The molecule has 3 rings (SSSR count). The van der Waals surface area contributed by atoms with Crippen LogP contribution in [0.2, 0.25) is 0 Å². The molecule has 0 atom stereocenters. The summed E-state index contributed by atoms with van der Waals surface area (Å²) in [5.74, 6) is 0. The predicted molar refractivity (Wildman–Crippen MR) is 215 cm³/mol. The van der Waals surface area contributed by atoms with E-state index in [9.17, 15) is 0 Å². The first-order valence-electron chi connectivity index (χ1n) is 17.0. The fourth-order valence-electron chi connectivity index (χ4n) is 8.18. The Bertz CT molecular complexity index is 1280. The van der Waals surface area contributed by atoms with E-state index in [1.807, 2.05) is 0 Å². The number of benzene rings is 3. The van der Waals surface area contributed by atoms with Gasteiger partial charge in [0.15, 0.2) is 0 Å². The molecule has 0 aliphatic carbocycles. The zero-order chi connectivity index (χ0) is 34.9. The molecule has 0 unspecified atom stereocenters. The van der Waals surface area contributed by atoms with Gasteiger partial charge >= 0.3 is 0 Å². The first-order chi connectivity index (χ1) is 20.3. The second-order valence-electron chi connectivity index (χ2n) is 17.7. The van der Waals surface area contributed by atoms with Crippen LogP contribution in [-0.2, 0) is 16.5 Å². The summed E-state index contributed by atoms with van der Waals surface area (Å²) in [5, 5.41) is 2.02. The summed E-state index contributed by atoms with van der Waals surface area (Å²) in [6, 6.07) is 15.1. The van der Waals surface area contributed by atoms with E-state index < -0.39 is 0 Å². The number of hydrogen-bond donors (Lipinski definition) is 0. The maximum Gasteiger partial charge on any atom is 0.0915 e. The second kappa shape index (κ2) is 16.0. The Morgan fingerprint density at radius 1 is 0.478 bits per heavy atom. The minimum absolute atomic E-state index is 0. The van der Waals surface area contributed by atoms with Crippen molar-refractivity contribution < 1.29 is 16.5 Å². The van der Waals surface area contributed by atoms with Crippen LogP contribution in [-0.4, -0.2) is 32.9 Å². The molecule has 0 amide bonds. The molecule has 0 spiro atoms. The van der Waals surface area contributed by atoms with E-state index in [0.717, 1.165) is 11.1 Å². The standard InChI is InChI=1S/C24H26N.C18H40P2.Ni/c1-14-10-16(3)22(17(4)11-14)20-8-7-9-21(24(20)25)23-18(5)12-15(2)13-19(23)6;1-15(2,3)19(16(4,5)6)13-14-20(17(7,8)9)18(10,11)12;/h7-13,25H,1-6H3;13-14H2,1-12H3;/q-1;;/p+2. The third-order valence-corrected chi connectivity index (χ3v) is 18.4. The molecule has 1 nitrogen and oxygen atoms in total. The molecule has 0 saturated carbocycles. The van der Waals surface area contributed by atoms with Crippen molar-refractivity contribution in [2.45, 2.75) is 145 Å². The number of rotatable bonds is 5. The summed E-state index contributed by atoms with van der Waals surface area (Å²) < 4.78 is 0. The van der Waals surface area contributed by atoms with Crippen molar-refractivity contribution in [3.8, 4) is 22.3 Å². The van der Waals surface area contributed by atoms with Gasteiger partial charge in [0, 0.05) is 32.3 Å². The van der Waals surface area contributed by atoms with E-state index in [1.54, 1.807) is 0 Å². The van der Waals surface area contributed by atoms with E-state index >= 15 is 0 Å². The zero-order valence-corrected chi connectivity index (χ0v) is 35.8. The smallest absolute Gasteiger partial charge is 0.0915 e. The van der Waals surface area contributed by atoms with Gasteiger partial charge in [-0.05, 0) is 169 Å². The molecule has 3 aromatic rings. The monoisotopic (exact) mass is 706 g/mol. The molecular weight excluding hydrogens is 639 g/mol. The fourth-order valence-corrected chi connectivity index (χ4v) is 17.7. The summed E-state index contributed by atoms with van der Waals surface area (Å²) in [6.45, 7) is 42.4. The Hall–Kier alpha value is -1.19. The maximum absolute atomic E-state index is 8.92. The molecule has 4 heteroatoms. The van der Waals surface area contributed by atoms with Crippen molar-refractivity contribution in [2.75, 3.05) is 12.3 Å². The number of nitrogens with one attached hydrogen (secondary N) is 1. The average molecular weight is 708 g/mol. The SMILES string of the molecule is CC(C)(C)[PH+](CC[PH+](C(C)(C)C)C(C)(C)C)C(C)(C)C.Cc1cc(C)c(-c2cccc(-c3c(C)cc(C)cc3C)c2[NH-])c(C)c1.[Ni].